The lowest BCUT2D eigenvalue weighted by atomic mass is 10.1. The third kappa shape index (κ3) is 3.58. The van der Waals surface area contributed by atoms with E-state index in [0.717, 1.165) is 6.07 Å². The van der Waals surface area contributed by atoms with Crippen LogP contribution >= 0.6 is 23.2 Å². The lowest BCUT2D eigenvalue weighted by Gasteiger charge is -2.17. The predicted octanol–water partition coefficient (Wildman–Crippen LogP) is 5.44. The Hall–Kier alpha value is -1.32. The Labute approximate surface area is 120 Å². The molecule has 1 atom stereocenters. The maximum Gasteiger partial charge on any atom is 0.126 e. The highest BCUT2D eigenvalue weighted by molar-refractivity contribution is 6.36. The Morgan fingerprint density at radius 1 is 1.00 bits per heavy atom. The summed E-state index contributed by atoms with van der Waals surface area (Å²) in [6.45, 7) is 1.79. The fraction of sp³-hybridized carbons (Fsp3) is 0.143. The second-order valence-corrected chi connectivity index (χ2v) is 5.04. The van der Waals surface area contributed by atoms with Crippen molar-refractivity contribution in [3.05, 3.63) is 63.6 Å². The van der Waals surface area contributed by atoms with Crippen molar-refractivity contribution in [2.75, 3.05) is 5.32 Å². The molecule has 19 heavy (non-hydrogen) atoms. The van der Waals surface area contributed by atoms with Gasteiger partial charge in [0.15, 0.2) is 0 Å². The van der Waals surface area contributed by atoms with Crippen LogP contribution < -0.4 is 5.32 Å². The Bertz CT molecular complexity index is 582. The fourth-order valence-corrected chi connectivity index (χ4v) is 2.21. The van der Waals surface area contributed by atoms with E-state index in [0.29, 0.717) is 21.3 Å². The average molecular weight is 302 g/mol. The van der Waals surface area contributed by atoms with E-state index >= 15 is 0 Å². The van der Waals surface area contributed by atoms with E-state index in [1.165, 1.54) is 12.1 Å². The predicted molar refractivity (Wildman–Crippen MR) is 74.9 cm³/mol. The molecule has 2 aromatic carbocycles. The molecule has 1 unspecified atom stereocenters. The fourth-order valence-electron chi connectivity index (χ4n) is 1.75. The number of anilines is 1. The Morgan fingerprint density at radius 3 is 2.21 bits per heavy atom. The highest BCUT2D eigenvalue weighted by atomic mass is 35.5. The van der Waals surface area contributed by atoms with Crippen LogP contribution in [0.1, 0.15) is 18.5 Å². The van der Waals surface area contributed by atoms with Crippen molar-refractivity contribution in [1.82, 2.24) is 0 Å². The van der Waals surface area contributed by atoms with Gasteiger partial charge in [-0.3, -0.25) is 0 Å². The summed E-state index contributed by atoms with van der Waals surface area (Å²) in [4.78, 5) is 0. The van der Waals surface area contributed by atoms with Gasteiger partial charge in [-0.25, -0.2) is 8.78 Å². The lowest BCUT2D eigenvalue weighted by molar-refractivity contribution is 0.577. The smallest absolute Gasteiger partial charge is 0.126 e. The van der Waals surface area contributed by atoms with Crippen LogP contribution in [0, 0.1) is 11.6 Å². The molecule has 0 saturated carbocycles. The van der Waals surface area contributed by atoms with E-state index in [1.54, 1.807) is 25.1 Å². The summed E-state index contributed by atoms with van der Waals surface area (Å²) in [5.74, 6) is -1.21. The zero-order chi connectivity index (χ0) is 14.0. The zero-order valence-electron chi connectivity index (χ0n) is 10.1. The molecule has 0 spiro atoms. The monoisotopic (exact) mass is 301 g/mol. The Balaban J connectivity index is 2.22. The first-order valence-electron chi connectivity index (χ1n) is 5.63. The molecule has 0 aliphatic carbocycles. The highest BCUT2D eigenvalue weighted by Crippen LogP contribution is 2.29. The van der Waals surface area contributed by atoms with Crippen LogP contribution in [0.5, 0.6) is 0 Å². The van der Waals surface area contributed by atoms with Crippen molar-refractivity contribution >= 4 is 28.9 Å². The molecule has 0 aliphatic rings. The van der Waals surface area contributed by atoms with E-state index in [9.17, 15) is 8.78 Å². The van der Waals surface area contributed by atoms with Crippen molar-refractivity contribution in [3.63, 3.8) is 0 Å². The molecule has 0 radical (unpaired) electrons. The summed E-state index contributed by atoms with van der Waals surface area (Å²) in [5, 5.41) is 4.07. The molecule has 0 fully saturated rings. The average Bonchev–Trinajstić information content (AvgIpc) is 2.31. The minimum atomic E-state index is -0.606. The van der Waals surface area contributed by atoms with Crippen LogP contribution in [-0.2, 0) is 0 Å². The molecule has 2 rings (SSSR count). The van der Waals surface area contributed by atoms with Gasteiger partial charge in [-0.05, 0) is 42.8 Å². The normalized spacial score (nSPS) is 12.3. The van der Waals surface area contributed by atoms with Gasteiger partial charge in [0.2, 0.25) is 0 Å². The van der Waals surface area contributed by atoms with Gasteiger partial charge in [0.1, 0.15) is 11.6 Å². The van der Waals surface area contributed by atoms with E-state index < -0.39 is 11.6 Å². The Kier molecular flexibility index (Phi) is 4.27. The van der Waals surface area contributed by atoms with Crippen LogP contribution in [0.25, 0.3) is 0 Å². The molecule has 1 N–H and O–H groups in total. The molecule has 0 amide bonds. The van der Waals surface area contributed by atoms with E-state index in [4.69, 9.17) is 23.2 Å². The molecule has 0 saturated heterocycles. The summed E-state index contributed by atoms with van der Waals surface area (Å²) in [7, 11) is 0. The summed E-state index contributed by atoms with van der Waals surface area (Å²) in [5.41, 5.74) is 1.16. The van der Waals surface area contributed by atoms with Crippen LogP contribution in [0.2, 0.25) is 10.0 Å². The number of hydrogen-bond acceptors (Lipinski definition) is 1. The Morgan fingerprint density at radius 2 is 1.63 bits per heavy atom. The molecular weight excluding hydrogens is 291 g/mol. The van der Waals surface area contributed by atoms with Gasteiger partial charge in [0.25, 0.3) is 0 Å². The highest BCUT2D eigenvalue weighted by Gasteiger charge is 2.10. The lowest BCUT2D eigenvalue weighted by Crippen LogP contribution is -2.07. The van der Waals surface area contributed by atoms with Crippen molar-refractivity contribution in [3.8, 4) is 0 Å². The van der Waals surface area contributed by atoms with Gasteiger partial charge in [-0.1, -0.05) is 23.2 Å². The summed E-state index contributed by atoms with van der Waals surface area (Å²) >= 11 is 11.8. The topological polar surface area (TPSA) is 12.0 Å². The SMILES string of the molecule is CC(Nc1ccc(Cl)cc1Cl)c1cc(F)cc(F)c1. The third-order valence-corrected chi connectivity index (χ3v) is 3.24. The van der Waals surface area contributed by atoms with Gasteiger partial charge >= 0.3 is 0 Å². The van der Waals surface area contributed by atoms with E-state index in [2.05, 4.69) is 5.32 Å². The summed E-state index contributed by atoms with van der Waals surface area (Å²) in [6, 6.07) is 8.13. The first kappa shape index (κ1) is 14.1. The quantitative estimate of drug-likeness (QED) is 0.795. The van der Waals surface area contributed by atoms with Crippen LogP contribution in [-0.4, -0.2) is 0 Å². The molecule has 0 aliphatic heterocycles. The standard InChI is InChI=1S/C14H11Cl2F2N/c1-8(9-4-11(17)7-12(18)5-9)19-14-3-2-10(15)6-13(14)16/h2-8,19H,1H3. The van der Waals surface area contributed by atoms with Crippen molar-refractivity contribution in [1.29, 1.82) is 0 Å². The molecule has 0 aromatic heterocycles. The zero-order valence-corrected chi connectivity index (χ0v) is 11.6. The van der Waals surface area contributed by atoms with Crippen molar-refractivity contribution in [2.24, 2.45) is 0 Å². The largest absolute Gasteiger partial charge is 0.377 e. The maximum absolute atomic E-state index is 13.1. The molecule has 2 aromatic rings. The first-order chi connectivity index (χ1) is 8.95. The molecule has 5 heteroatoms. The van der Waals surface area contributed by atoms with Gasteiger partial charge < -0.3 is 5.32 Å². The second-order valence-electron chi connectivity index (χ2n) is 4.19. The minimum Gasteiger partial charge on any atom is -0.377 e. The van der Waals surface area contributed by atoms with E-state index in [1.807, 2.05) is 0 Å². The van der Waals surface area contributed by atoms with Gasteiger partial charge in [-0.2, -0.15) is 0 Å². The number of benzene rings is 2. The molecular formula is C14H11Cl2F2N. The second kappa shape index (κ2) is 5.76. The van der Waals surface area contributed by atoms with Gasteiger partial charge in [0.05, 0.1) is 10.7 Å². The van der Waals surface area contributed by atoms with Crippen LogP contribution in [0.15, 0.2) is 36.4 Å². The third-order valence-electron chi connectivity index (χ3n) is 2.69. The van der Waals surface area contributed by atoms with Crippen molar-refractivity contribution in [2.45, 2.75) is 13.0 Å². The number of halogens is 4. The number of hydrogen-bond donors (Lipinski definition) is 1. The maximum atomic E-state index is 13.1. The first-order valence-corrected chi connectivity index (χ1v) is 6.39. The van der Waals surface area contributed by atoms with Crippen LogP contribution in [0.3, 0.4) is 0 Å². The minimum absolute atomic E-state index is 0.288. The molecule has 1 nitrogen and oxygen atoms in total. The van der Waals surface area contributed by atoms with Gasteiger partial charge in [0, 0.05) is 17.1 Å². The molecule has 0 heterocycles. The molecule has 0 bridgehead atoms. The van der Waals surface area contributed by atoms with Crippen molar-refractivity contribution < 1.29 is 8.78 Å². The van der Waals surface area contributed by atoms with E-state index in [-0.39, 0.29) is 6.04 Å². The number of rotatable bonds is 3. The van der Waals surface area contributed by atoms with Crippen LogP contribution in [0.4, 0.5) is 14.5 Å². The van der Waals surface area contributed by atoms with Gasteiger partial charge in [-0.15, -0.1) is 0 Å². The molecule has 100 valence electrons. The number of nitrogens with one attached hydrogen (secondary N) is 1. The summed E-state index contributed by atoms with van der Waals surface area (Å²) in [6.07, 6.45) is 0. The summed E-state index contributed by atoms with van der Waals surface area (Å²) < 4.78 is 26.3.